The van der Waals surface area contributed by atoms with Crippen molar-refractivity contribution < 1.29 is 31.1 Å². The van der Waals surface area contributed by atoms with Gasteiger partial charge in [0.2, 0.25) is 5.91 Å². The van der Waals surface area contributed by atoms with Crippen LogP contribution in [-0.4, -0.2) is 27.2 Å². The maximum Gasteiger partial charge on any atom is 0.573 e. The van der Waals surface area contributed by atoms with Crippen molar-refractivity contribution in [3.63, 3.8) is 0 Å². The average Bonchev–Trinajstić information content (AvgIpc) is 3.03. The Kier molecular flexibility index (Phi) is 5.81. The first-order valence-electron chi connectivity index (χ1n) is 8.51. The predicted octanol–water partition coefficient (Wildman–Crippen LogP) is 4.45. The van der Waals surface area contributed by atoms with E-state index in [0.717, 1.165) is 29.8 Å². The van der Waals surface area contributed by atoms with Crippen LogP contribution in [0.4, 0.5) is 24.5 Å². The Bertz CT molecular complexity index is 1040. The van der Waals surface area contributed by atoms with E-state index in [-0.39, 0.29) is 16.5 Å². The molecule has 0 radical (unpaired) electrons. The Hall–Kier alpha value is -2.27. The van der Waals surface area contributed by atoms with Gasteiger partial charge in [0.15, 0.2) is 0 Å². The third-order valence-electron chi connectivity index (χ3n) is 4.26. The molecule has 29 heavy (non-hydrogen) atoms. The van der Waals surface area contributed by atoms with E-state index in [2.05, 4.69) is 25.4 Å². The number of rotatable bonds is 5. The lowest BCUT2D eigenvalue weighted by Gasteiger charge is -2.18. The molecule has 3 rings (SSSR count). The lowest BCUT2D eigenvalue weighted by Crippen LogP contribution is -2.28. The highest BCUT2D eigenvalue weighted by molar-refractivity contribution is 9.10. The zero-order valence-electron chi connectivity index (χ0n) is 15.1. The van der Waals surface area contributed by atoms with Crippen LogP contribution in [0.25, 0.3) is 0 Å². The summed E-state index contributed by atoms with van der Waals surface area (Å²) in [4.78, 5) is 13.6. The van der Waals surface area contributed by atoms with Crippen LogP contribution >= 0.6 is 15.9 Å². The van der Waals surface area contributed by atoms with E-state index in [9.17, 15) is 26.4 Å². The largest absolute Gasteiger partial charge is 0.573 e. The minimum atomic E-state index is -4.84. The summed E-state index contributed by atoms with van der Waals surface area (Å²) >= 11 is 3.25. The van der Waals surface area contributed by atoms with E-state index in [1.165, 1.54) is 6.07 Å². The molecular weight excluding hydrogens is 477 g/mol. The molecule has 0 aliphatic carbocycles. The molecule has 0 atom stereocenters. The molecule has 1 aliphatic rings. The highest BCUT2D eigenvalue weighted by atomic mass is 79.9. The first-order valence-corrected chi connectivity index (χ1v) is 10.8. The number of alkyl halides is 3. The van der Waals surface area contributed by atoms with Crippen LogP contribution in [0, 0.1) is 0 Å². The summed E-state index contributed by atoms with van der Waals surface area (Å²) in [5.41, 5.74) is 1.45. The number of nitrogens with one attached hydrogen (secondary N) is 1. The highest BCUT2D eigenvalue weighted by Gasteiger charge is 2.31. The molecule has 1 aliphatic heterocycles. The van der Waals surface area contributed by atoms with E-state index < -0.39 is 22.1 Å². The number of carbonyl (C=O) groups excluding carboxylic acids is 1. The Labute approximate surface area is 173 Å². The van der Waals surface area contributed by atoms with Gasteiger partial charge in [0.05, 0.1) is 0 Å². The summed E-state index contributed by atoms with van der Waals surface area (Å²) in [5.74, 6) is -0.574. The maximum atomic E-state index is 12.8. The molecule has 1 amide bonds. The number of hydrogen-bond donors (Lipinski definition) is 1. The molecule has 0 fully saturated rings. The molecule has 0 aromatic heterocycles. The topological polar surface area (TPSA) is 75.7 Å². The van der Waals surface area contributed by atoms with Crippen molar-refractivity contribution >= 4 is 43.2 Å². The van der Waals surface area contributed by atoms with Crippen molar-refractivity contribution in [2.24, 2.45) is 0 Å². The normalized spacial score (nSPS) is 13.9. The standard InChI is InChI=1S/C18H16BrF3N2O4S/c1-2-17(25)24-8-7-11-9-14(19)16(10-15(11)24)29(26,27)23-12-3-5-13(6-4-12)28-18(20,21)22/h3-6,9-10,23H,2,7-8H2,1H3. The van der Waals surface area contributed by atoms with E-state index in [4.69, 9.17) is 0 Å². The van der Waals surface area contributed by atoms with Crippen molar-refractivity contribution in [2.75, 3.05) is 16.2 Å². The van der Waals surface area contributed by atoms with E-state index in [1.54, 1.807) is 17.9 Å². The number of nitrogens with zero attached hydrogens (tertiary/aromatic N) is 1. The minimum Gasteiger partial charge on any atom is -0.406 e. The predicted molar refractivity (Wildman–Crippen MR) is 104 cm³/mol. The van der Waals surface area contributed by atoms with Crippen LogP contribution < -0.4 is 14.4 Å². The van der Waals surface area contributed by atoms with Gasteiger partial charge < -0.3 is 9.64 Å². The van der Waals surface area contributed by atoms with Crippen molar-refractivity contribution in [1.29, 1.82) is 0 Å². The fraction of sp³-hybridized carbons (Fsp3) is 0.278. The SMILES string of the molecule is CCC(=O)N1CCc2cc(Br)c(S(=O)(=O)Nc3ccc(OC(F)(F)F)cc3)cc21. The van der Waals surface area contributed by atoms with Crippen LogP contribution in [-0.2, 0) is 21.2 Å². The van der Waals surface area contributed by atoms with Crippen LogP contribution in [0.3, 0.4) is 0 Å². The molecule has 0 unspecified atom stereocenters. The lowest BCUT2D eigenvalue weighted by molar-refractivity contribution is -0.274. The quantitative estimate of drug-likeness (QED) is 0.668. The molecule has 0 saturated carbocycles. The van der Waals surface area contributed by atoms with Crippen molar-refractivity contribution in [2.45, 2.75) is 31.0 Å². The van der Waals surface area contributed by atoms with Crippen LogP contribution in [0.15, 0.2) is 45.8 Å². The number of sulfonamides is 1. The molecule has 1 heterocycles. The third-order valence-corrected chi connectivity index (χ3v) is 6.60. The van der Waals surface area contributed by atoms with Gasteiger partial charge in [0.25, 0.3) is 10.0 Å². The van der Waals surface area contributed by atoms with E-state index in [1.807, 2.05) is 0 Å². The zero-order valence-corrected chi connectivity index (χ0v) is 17.5. The summed E-state index contributed by atoms with van der Waals surface area (Å²) < 4.78 is 68.8. The smallest absolute Gasteiger partial charge is 0.406 e. The van der Waals surface area contributed by atoms with Crippen LogP contribution in [0.5, 0.6) is 5.75 Å². The van der Waals surface area contributed by atoms with Gasteiger partial charge in [-0.1, -0.05) is 6.92 Å². The van der Waals surface area contributed by atoms with Gasteiger partial charge in [-0.3, -0.25) is 9.52 Å². The summed E-state index contributed by atoms with van der Waals surface area (Å²) in [7, 11) is -4.07. The third kappa shape index (κ3) is 4.84. The first kappa shape index (κ1) is 21.4. The number of benzene rings is 2. The number of ether oxygens (including phenoxy) is 1. The number of halogens is 4. The second kappa shape index (κ2) is 7.86. The number of carbonyl (C=O) groups is 1. The summed E-state index contributed by atoms with van der Waals surface area (Å²) in [6.07, 6.45) is -3.92. The number of amides is 1. The average molecular weight is 493 g/mol. The van der Waals surface area contributed by atoms with Gasteiger partial charge in [-0.25, -0.2) is 8.42 Å². The molecule has 2 aromatic rings. The molecule has 0 bridgehead atoms. The Morgan fingerprint density at radius 2 is 1.90 bits per heavy atom. The second-order valence-corrected chi connectivity index (χ2v) is 8.74. The summed E-state index contributed by atoms with van der Waals surface area (Å²) in [5, 5.41) is 0. The molecule has 2 aromatic carbocycles. The molecule has 11 heteroatoms. The molecule has 0 spiro atoms. The molecule has 6 nitrogen and oxygen atoms in total. The van der Waals surface area contributed by atoms with Crippen molar-refractivity contribution in [1.82, 2.24) is 0 Å². The summed E-state index contributed by atoms with van der Waals surface area (Å²) in [6.45, 7) is 2.20. The fourth-order valence-corrected chi connectivity index (χ4v) is 5.15. The summed E-state index contributed by atoms with van der Waals surface area (Å²) in [6, 6.07) is 7.41. The maximum absolute atomic E-state index is 12.8. The Balaban J connectivity index is 1.87. The zero-order chi connectivity index (χ0) is 21.4. The molecule has 0 saturated heterocycles. The van der Waals surface area contributed by atoms with Gasteiger partial charge in [0.1, 0.15) is 10.6 Å². The monoisotopic (exact) mass is 492 g/mol. The molecular formula is C18H16BrF3N2O4S. The van der Waals surface area contributed by atoms with Crippen LogP contribution in [0.1, 0.15) is 18.9 Å². The second-order valence-electron chi connectivity index (χ2n) is 6.24. The fourth-order valence-electron chi connectivity index (χ4n) is 2.98. The van der Waals surface area contributed by atoms with Gasteiger partial charge in [0, 0.05) is 28.8 Å². The Morgan fingerprint density at radius 3 is 2.48 bits per heavy atom. The number of hydrogen-bond acceptors (Lipinski definition) is 4. The van der Waals surface area contributed by atoms with Gasteiger partial charge in [-0.2, -0.15) is 0 Å². The number of anilines is 2. The van der Waals surface area contributed by atoms with Crippen molar-refractivity contribution in [3.8, 4) is 5.75 Å². The molecule has 156 valence electrons. The Morgan fingerprint density at radius 1 is 1.24 bits per heavy atom. The number of fused-ring (bicyclic) bond motifs is 1. The van der Waals surface area contributed by atoms with Crippen LogP contribution in [0.2, 0.25) is 0 Å². The lowest BCUT2D eigenvalue weighted by atomic mass is 10.2. The molecule has 1 N–H and O–H groups in total. The van der Waals surface area contributed by atoms with Gasteiger partial charge >= 0.3 is 6.36 Å². The minimum absolute atomic E-state index is 0.0633. The highest BCUT2D eigenvalue weighted by Crippen LogP contribution is 2.36. The van der Waals surface area contributed by atoms with Gasteiger partial charge in [-0.15, -0.1) is 13.2 Å². The van der Waals surface area contributed by atoms with E-state index in [0.29, 0.717) is 29.5 Å². The van der Waals surface area contributed by atoms with Crippen molar-refractivity contribution in [3.05, 3.63) is 46.4 Å². The van der Waals surface area contributed by atoms with E-state index >= 15 is 0 Å². The van der Waals surface area contributed by atoms with Gasteiger partial charge in [-0.05, 0) is 64.3 Å². The first-order chi connectivity index (χ1) is 13.5.